The molecule has 3 heterocycles. The van der Waals surface area contributed by atoms with Gasteiger partial charge in [0.15, 0.2) is 0 Å². The van der Waals surface area contributed by atoms with Crippen LogP contribution in [-0.4, -0.2) is 21.8 Å². The first kappa shape index (κ1) is 20.3. The predicted octanol–water partition coefficient (Wildman–Crippen LogP) is 5.52. The van der Waals surface area contributed by atoms with Gasteiger partial charge in [-0.25, -0.2) is 4.98 Å². The van der Waals surface area contributed by atoms with Crippen LogP contribution in [0.4, 0.5) is 17.2 Å². The van der Waals surface area contributed by atoms with Crippen LogP contribution in [0.1, 0.15) is 18.5 Å². The normalized spacial score (nSPS) is 12.9. The van der Waals surface area contributed by atoms with E-state index in [4.69, 9.17) is 4.98 Å². The van der Waals surface area contributed by atoms with Crippen LogP contribution in [-0.2, 0) is 21.1 Å². The first-order valence-corrected chi connectivity index (χ1v) is 9.82. The van der Waals surface area contributed by atoms with Crippen LogP contribution in [0.3, 0.4) is 0 Å². The predicted molar refractivity (Wildman–Crippen MR) is 117 cm³/mol. The number of aromatic nitrogens is 2. The molecule has 0 radical (unpaired) electrons. The number of hydrogen-bond donors (Lipinski definition) is 0. The van der Waals surface area contributed by atoms with Gasteiger partial charge >= 0.3 is 21.1 Å². The van der Waals surface area contributed by atoms with Gasteiger partial charge in [0, 0.05) is 12.2 Å². The van der Waals surface area contributed by atoms with E-state index in [9.17, 15) is 0 Å². The first-order valence-electron chi connectivity index (χ1n) is 9.82. The van der Waals surface area contributed by atoms with Gasteiger partial charge < -0.3 is 9.47 Å². The summed E-state index contributed by atoms with van der Waals surface area (Å²) in [6.45, 7) is 0.896. The quantitative estimate of drug-likeness (QED) is 0.296. The molecule has 150 valence electrons. The van der Waals surface area contributed by atoms with E-state index < -0.39 is 0 Å². The number of nitrogens with zero attached hydrogens (tertiary/aromatic N) is 4. The molecule has 1 aliphatic rings. The van der Waals surface area contributed by atoms with Gasteiger partial charge in [-0.05, 0) is 37.1 Å². The Kier molecular flexibility index (Phi) is 6.25. The van der Waals surface area contributed by atoms with Crippen molar-refractivity contribution in [1.29, 1.82) is 0 Å². The number of anilines is 3. The van der Waals surface area contributed by atoms with Crippen molar-refractivity contribution in [3.63, 3.8) is 0 Å². The molecule has 0 fully saturated rings. The minimum atomic E-state index is 0. The molecule has 4 aromatic rings. The molecule has 4 nitrogen and oxygen atoms in total. The fraction of sp³-hybridized carbons (Fsp3) is 0.120. The van der Waals surface area contributed by atoms with Crippen molar-refractivity contribution in [3.8, 4) is 5.69 Å². The Balaban J connectivity index is 0.00000218. The zero-order chi connectivity index (χ0) is 19.5. The maximum absolute atomic E-state index is 4.96. The molecule has 0 spiro atoms. The SMILES string of the molecule is [Pt+2].[c-]1c(N(c2ccccc2)c2cccc(C3=NCCC3)n2)cccc1-n1[c-]ccc1. The summed E-state index contributed by atoms with van der Waals surface area (Å²) < 4.78 is 1.93. The zero-order valence-corrected chi connectivity index (χ0v) is 18.6. The van der Waals surface area contributed by atoms with Gasteiger partial charge in [-0.3, -0.25) is 4.99 Å². The minimum Gasteiger partial charge on any atom is -0.471 e. The molecule has 5 heteroatoms. The van der Waals surface area contributed by atoms with E-state index >= 15 is 0 Å². The Morgan fingerprint density at radius 2 is 1.77 bits per heavy atom. The Morgan fingerprint density at radius 1 is 0.900 bits per heavy atom. The van der Waals surface area contributed by atoms with E-state index in [0.29, 0.717) is 0 Å². The summed E-state index contributed by atoms with van der Waals surface area (Å²) in [4.78, 5) is 11.7. The van der Waals surface area contributed by atoms with Crippen LogP contribution in [0.2, 0.25) is 0 Å². The number of pyridine rings is 1. The van der Waals surface area contributed by atoms with Gasteiger partial charge in [-0.2, -0.15) is 30.0 Å². The third-order valence-electron chi connectivity index (χ3n) is 4.96. The average molecular weight is 572 g/mol. The maximum Gasteiger partial charge on any atom is 2.00 e. The Morgan fingerprint density at radius 3 is 2.53 bits per heavy atom. The third kappa shape index (κ3) is 4.15. The molecule has 5 rings (SSSR count). The summed E-state index contributed by atoms with van der Waals surface area (Å²) in [6, 6.07) is 29.9. The van der Waals surface area contributed by atoms with Crippen LogP contribution in [0, 0.1) is 12.3 Å². The van der Waals surface area contributed by atoms with Gasteiger partial charge in [0.25, 0.3) is 0 Å². The summed E-state index contributed by atoms with van der Waals surface area (Å²) in [5.41, 5.74) is 4.95. The molecule has 0 bridgehead atoms. The van der Waals surface area contributed by atoms with Gasteiger partial charge in [0.05, 0.1) is 11.4 Å². The summed E-state index contributed by atoms with van der Waals surface area (Å²) in [6.07, 6.45) is 7.25. The van der Waals surface area contributed by atoms with Crippen molar-refractivity contribution in [1.82, 2.24) is 9.55 Å². The Hall–Kier alpha value is -2.97. The van der Waals surface area contributed by atoms with Crippen molar-refractivity contribution < 1.29 is 21.1 Å². The number of rotatable bonds is 5. The van der Waals surface area contributed by atoms with E-state index in [2.05, 4.69) is 46.4 Å². The van der Waals surface area contributed by atoms with E-state index in [1.165, 1.54) is 0 Å². The topological polar surface area (TPSA) is 33.4 Å². The molecule has 1 aliphatic heterocycles. The van der Waals surface area contributed by atoms with E-state index in [1.54, 1.807) is 0 Å². The van der Waals surface area contributed by atoms with Crippen LogP contribution in [0.15, 0.2) is 90.1 Å². The molecule has 0 saturated carbocycles. The summed E-state index contributed by atoms with van der Waals surface area (Å²) >= 11 is 0. The fourth-order valence-corrected chi connectivity index (χ4v) is 3.59. The van der Waals surface area contributed by atoms with Crippen molar-refractivity contribution in [2.24, 2.45) is 4.99 Å². The average Bonchev–Trinajstić information content (AvgIpc) is 3.50. The first-order chi connectivity index (χ1) is 14.4. The molecule has 0 aliphatic carbocycles. The van der Waals surface area contributed by atoms with Gasteiger partial charge in [0.2, 0.25) is 0 Å². The van der Waals surface area contributed by atoms with Gasteiger partial charge in [0.1, 0.15) is 5.82 Å². The second-order valence-corrected chi connectivity index (χ2v) is 6.91. The van der Waals surface area contributed by atoms with Crippen molar-refractivity contribution in [3.05, 3.63) is 103 Å². The van der Waals surface area contributed by atoms with Crippen LogP contribution >= 0.6 is 0 Å². The molecule has 2 aromatic carbocycles. The van der Waals surface area contributed by atoms with E-state index in [0.717, 1.165) is 53.7 Å². The molecule has 2 aromatic heterocycles. The molecule has 0 saturated heterocycles. The zero-order valence-electron chi connectivity index (χ0n) is 16.3. The summed E-state index contributed by atoms with van der Waals surface area (Å²) in [5, 5.41) is 0. The molecule has 30 heavy (non-hydrogen) atoms. The number of para-hydroxylation sites is 1. The van der Waals surface area contributed by atoms with Crippen LogP contribution in [0.25, 0.3) is 5.69 Å². The number of aliphatic imine (C=N–C) groups is 1. The van der Waals surface area contributed by atoms with E-state index in [-0.39, 0.29) is 21.1 Å². The van der Waals surface area contributed by atoms with Crippen molar-refractivity contribution >= 4 is 22.9 Å². The number of benzene rings is 2. The summed E-state index contributed by atoms with van der Waals surface area (Å²) in [5.74, 6) is 0.855. The molecule has 0 N–H and O–H groups in total. The largest absolute Gasteiger partial charge is 2.00 e. The second-order valence-electron chi connectivity index (χ2n) is 6.91. The van der Waals surface area contributed by atoms with Crippen LogP contribution in [0.5, 0.6) is 0 Å². The molecular weight excluding hydrogens is 551 g/mol. The maximum atomic E-state index is 4.96. The number of hydrogen-bond acceptors (Lipinski definition) is 3. The van der Waals surface area contributed by atoms with Gasteiger partial charge in [-0.1, -0.05) is 36.1 Å². The van der Waals surface area contributed by atoms with E-state index in [1.807, 2.05) is 65.4 Å². The monoisotopic (exact) mass is 571 g/mol. The van der Waals surface area contributed by atoms with Crippen molar-refractivity contribution in [2.45, 2.75) is 12.8 Å². The Labute approximate surface area is 191 Å². The molecule has 0 atom stereocenters. The minimum absolute atomic E-state index is 0. The smallest absolute Gasteiger partial charge is 0.471 e. The molecular formula is C25H20N4Pt. The molecule has 0 amide bonds. The third-order valence-corrected chi connectivity index (χ3v) is 4.96. The Bertz CT molecular complexity index is 1140. The van der Waals surface area contributed by atoms with Gasteiger partial charge in [-0.15, -0.1) is 18.3 Å². The standard InChI is InChI=1S/C25H20N4.Pt/c1-2-9-20(10-3-1)29(22-12-6-11-21(19-22)28-17-4-5-18-28)25-15-7-13-24(27-25)23-14-8-16-26-23;/h1-7,9-13,15,17H,8,14,16H2;/q-2;+2. The van der Waals surface area contributed by atoms with Crippen molar-refractivity contribution in [2.75, 3.05) is 11.4 Å². The van der Waals surface area contributed by atoms with Crippen LogP contribution < -0.4 is 4.90 Å². The second kappa shape index (κ2) is 9.23. The fourth-order valence-electron chi connectivity index (χ4n) is 3.59. The molecule has 0 unspecified atom stereocenters. The summed E-state index contributed by atoms with van der Waals surface area (Å²) in [7, 11) is 0.